The Kier molecular flexibility index (Phi) is 6.57. The molecule has 0 N–H and O–H groups in total. The van der Waals surface area contributed by atoms with E-state index in [1.807, 2.05) is 6.07 Å². The standard InChI is InChI=1S/C39H34O/c1-27(29-12-6-3-7-13-29)33-22-23-35(31-16-19-32(20-17-31)40-26-28-10-4-2-5-11-28)39-37(33)25-24-36-34-15-9-8-14-30(34)18-21-38(36)39/h2-17,19-21,24-25,27,33H,18,22-23,26H2,1H3. The van der Waals surface area contributed by atoms with Crippen LogP contribution in [0.3, 0.4) is 0 Å². The highest BCUT2D eigenvalue weighted by molar-refractivity contribution is 5.77. The zero-order chi connectivity index (χ0) is 26.9. The highest BCUT2D eigenvalue weighted by atomic mass is 16.5. The Balaban J connectivity index is 1.33. The average Bonchev–Trinajstić information content (AvgIpc) is 3.03. The zero-order valence-electron chi connectivity index (χ0n) is 23.0. The second-order valence-electron chi connectivity index (χ2n) is 11.2. The Morgan fingerprint density at radius 1 is 0.725 bits per heavy atom. The molecule has 196 valence electrons. The molecule has 0 fully saturated rings. The number of hydrogen-bond acceptors (Lipinski definition) is 1. The van der Waals surface area contributed by atoms with Crippen molar-refractivity contribution in [3.8, 4) is 16.9 Å². The normalized spacial score (nSPS) is 16.2. The predicted octanol–water partition coefficient (Wildman–Crippen LogP) is 8.15. The molecule has 2 atom stereocenters. The van der Waals surface area contributed by atoms with Gasteiger partial charge < -0.3 is 4.74 Å². The summed E-state index contributed by atoms with van der Waals surface area (Å²) in [6.45, 7) is 2.99. The molecule has 7 rings (SSSR count). The van der Waals surface area contributed by atoms with E-state index in [1.165, 1.54) is 55.0 Å². The van der Waals surface area contributed by atoms with Crippen molar-refractivity contribution in [2.75, 3.05) is 0 Å². The molecule has 0 aliphatic heterocycles. The summed E-state index contributed by atoms with van der Waals surface area (Å²) < 4.78 is 6.12. The third-order valence-electron chi connectivity index (χ3n) is 8.90. The molecule has 0 saturated heterocycles. The summed E-state index contributed by atoms with van der Waals surface area (Å²) in [6.07, 6.45) is 5.69. The van der Waals surface area contributed by atoms with E-state index in [9.17, 15) is 0 Å². The van der Waals surface area contributed by atoms with Crippen molar-refractivity contribution in [1.29, 1.82) is 0 Å². The van der Waals surface area contributed by atoms with Crippen molar-refractivity contribution in [2.24, 2.45) is 0 Å². The van der Waals surface area contributed by atoms with E-state index >= 15 is 0 Å². The topological polar surface area (TPSA) is 9.23 Å². The molecule has 0 saturated carbocycles. The van der Waals surface area contributed by atoms with Gasteiger partial charge in [-0.2, -0.15) is 0 Å². The van der Waals surface area contributed by atoms with E-state index in [4.69, 9.17) is 4.74 Å². The lowest BCUT2D eigenvalue weighted by molar-refractivity contribution is 0.306. The van der Waals surface area contributed by atoms with Crippen LogP contribution in [0.15, 0.2) is 121 Å². The summed E-state index contributed by atoms with van der Waals surface area (Å²) in [6, 6.07) is 43.9. The maximum absolute atomic E-state index is 6.12. The highest BCUT2D eigenvalue weighted by Crippen LogP contribution is 2.40. The van der Waals surface area contributed by atoms with E-state index in [1.54, 1.807) is 0 Å². The predicted molar refractivity (Wildman–Crippen MR) is 166 cm³/mol. The van der Waals surface area contributed by atoms with Gasteiger partial charge in [-0.3, -0.25) is 0 Å². The van der Waals surface area contributed by atoms with Gasteiger partial charge in [0.25, 0.3) is 0 Å². The minimum absolute atomic E-state index is 0.462. The molecular weight excluding hydrogens is 484 g/mol. The summed E-state index contributed by atoms with van der Waals surface area (Å²) in [4.78, 5) is 0. The first-order valence-electron chi connectivity index (χ1n) is 14.5. The van der Waals surface area contributed by atoms with Crippen LogP contribution in [0.1, 0.15) is 59.4 Å². The van der Waals surface area contributed by atoms with Crippen LogP contribution in [-0.2, 0) is 13.0 Å². The summed E-state index contributed by atoms with van der Waals surface area (Å²) in [7, 11) is 0. The van der Waals surface area contributed by atoms with Crippen LogP contribution < -0.4 is 15.2 Å². The second kappa shape index (κ2) is 10.7. The summed E-state index contributed by atoms with van der Waals surface area (Å²) in [5, 5.41) is 2.88. The molecule has 0 heterocycles. The number of benzene rings is 5. The van der Waals surface area contributed by atoms with Crippen molar-refractivity contribution in [3.63, 3.8) is 0 Å². The number of fused-ring (bicyclic) bond motifs is 5. The molecule has 0 bridgehead atoms. The fourth-order valence-electron chi connectivity index (χ4n) is 6.77. The maximum atomic E-state index is 6.12. The third-order valence-corrected chi connectivity index (χ3v) is 8.90. The fraction of sp³-hybridized carbons (Fsp3) is 0.179. The molecule has 0 radical (unpaired) electrons. The lowest BCUT2D eigenvalue weighted by atomic mass is 9.72. The third kappa shape index (κ3) is 4.56. The summed E-state index contributed by atoms with van der Waals surface area (Å²) in [5.41, 5.74) is 11.0. The Bertz CT molecular complexity index is 1770. The molecule has 5 aromatic carbocycles. The van der Waals surface area contributed by atoms with E-state index in [0.717, 1.165) is 25.0 Å². The van der Waals surface area contributed by atoms with Gasteiger partial charge in [0.15, 0.2) is 0 Å². The van der Waals surface area contributed by atoms with Crippen LogP contribution in [0.4, 0.5) is 0 Å². The molecule has 2 unspecified atom stereocenters. The number of ether oxygens (including phenoxy) is 1. The minimum atomic E-state index is 0.462. The summed E-state index contributed by atoms with van der Waals surface area (Å²) in [5.74, 6) is 1.87. The van der Waals surface area contributed by atoms with Crippen LogP contribution in [0, 0.1) is 0 Å². The quantitative estimate of drug-likeness (QED) is 0.220. The summed E-state index contributed by atoms with van der Waals surface area (Å²) >= 11 is 0. The van der Waals surface area contributed by atoms with E-state index < -0.39 is 0 Å². The first kappa shape index (κ1) is 24.7. The van der Waals surface area contributed by atoms with Gasteiger partial charge in [0.2, 0.25) is 0 Å². The Labute approximate surface area is 237 Å². The van der Waals surface area contributed by atoms with Crippen LogP contribution in [0.25, 0.3) is 22.8 Å². The van der Waals surface area contributed by atoms with Crippen LogP contribution >= 0.6 is 0 Å². The first-order valence-corrected chi connectivity index (χ1v) is 14.5. The lowest BCUT2D eigenvalue weighted by Gasteiger charge is -2.31. The van der Waals surface area contributed by atoms with Crippen molar-refractivity contribution < 1.29 is 4.74 Å². The zero-order valence-corrected chi connectivity index (χ0v) is 23.0. The molecule has 1 nitrogen and oxygen atoms in total. The van der Waals surface area contributed by atoms with Crippen LogP contribution in [0.5, 0.6) is 5.75 Å². The smallest absolute Gasteiger partial charge is 0.119 e. The van der Waals surface area contributed by atoms with E-state index in [0.29, 0.717) is 18.4 Å². The van der Waals surface area contributed by atoms with Crippen LogP contribution in [0.2, 0.25) is 0 Å². The van der Waals surface area contributed by atoms with Gasteiger partial charge in [-0.15, -0.1) is 0 Å². The molecule has 40 heavy (non-hydrogen) atoms. The lowest BCUT2D eigenvalue weighted by Crippen LogP contribution is -2.38. The number of hydrogen-bond donors (Lipinski definition) is 0. The SMILES string of the molecule is CC(c1ccccc1)C1CCC(c2ccc(OCc3ccccc3)cc2)=c2c1ccc1c2=CCc2ccccc2-1. The largest absolute Gasteiger partial charge is 0.489 e. The van der Waals surface area contributed by atoms with Gasteiger partial charge in [0.05, 0.1) is 0 Å². The number of rotatable bonds is 6. The first-order chi connectivity index (χ1) is 19.8. The highest BCUT2D eigenvalue weighted by Gasteiger charge is 2.28. The average molecular weight is 519 g/mol. The van der Waals surface area contributed by atoms with Gasteiger partial charge in [0.1, 0.15) is 12.4 Å². The molecule has 0 amide bonds. The van der Waals surface area contributed by atoms with Gasteiger partial charge in [0, 0.05) is 0 Å². The van der Waals surface area contributed by atoms with Crippen molar-refractivity contribution in [2.45, 2.75) is 44.6 Å². The van der Waals surface area contributed by atoms with Gasteiger partial charge in [-0.1, -0.05) is 122 Å². The van der Waals surface area contributed by atoms with Gasteiger partial charge in [-0.25, -0.2) is 0 Å². The molecule has 0 spiro atoms. The Morgan fingerprint density at radius 2 is 1.45 bits per heavy atom. The molecule has 0 aromatic heterocycles. The van der Waals surface area contributed by atoms with Crippen molar-refractivity contribution in [3.05, 3.63) is 160 Å². The fourth-order valence-corrected chi connectivity index (χ4v) is 6.77. The minimum Gasteiger partial charge on any atom is -0.489 e. The van der Waals surface area contributed by atoms with Gasteiger partial charge in [-0.05, 0) is 98.2 Å². The monoisotopic (exact) mass is 518 g/mol. The molecule has 1 heteroatoms. The molecule has 5 aromatic rings. The molecule has 2 aliphatic rings. The van der Waals surface area contributed by atoms with Crippen molar-refractivity contribution >= 4 is 11.6 Å². The Morgan fingerprint density at radius 3 is 2.25 bits per heavy atom. The maximum Gasteiger partial charge on any atom is 0.119 e. The second-order valence-corrected chi connectivity index (χ2v) is 11.2. The Hall–Kier alpha value is -4.36. The van der Waals surface area contributed by atoms with Gasteiger partial charge >= 0.3 is 0 Å². The van der Waals surface area contributed by atoms with E-state index in [2.05, 4.69) is 128 Å². The van der Waals surface area contributed by atoms with Crippen molar-refractivity contribution in [1.82, 2.24) is 0 Å². The molecular formula is C39H34O. The van der Waals surface area contributed by atoms with Crippen LogP contribution in [-0.4, -0.2) is 0 Å². The molecule has 2 aliphatic carbocycles. The van der Waals surface area contributed by atoms with E-state index in [-0.39, 0.29) is 0 Å².